The van der Waals surface area contributed by atoms with Crippen LogP contribution in [0.1, 0.15) is 92.6 Å². The summed E-state index contributed by atoms with van der Waals surface area (Å²) in [5.41, 5.74) is -1.26. The fraction of sp³-hybridized carbons (Fsp3) is 0.533. The van der Waals surface area contributed by atoms with E-state index in [4.69, 9.17) is 56.5 Å². The smallest absolute Gasteiger partial charge is 0.343 e. The van der Waals surface area contributed by atoms with E-state index < -0.39 is 40.7 Å². The predicted molar refractivity (Wildman–Crippen MR) is 227 cm³/mol. The van der Waals surface area contributed by atoms with Gasteiger partial charge in [0.05, 0.1) is 24.2 Å². The first kappa shape index (κ1) is 50.1. The number of rotatable bonds is 24. The SMILES string of the molecule is COCOc1cc2c(cc1OCOC)C(=O)C(c1coc3cc(OCOC)c(OCOC)c(C(=O)OCCOCCC(=O)N[C@@H](CCC(C)(C)C)C(=O)OC(C)(C)C)c3c1=O)=CC2. The van der Waals surface area contributed by atoms with Gasteiger partial charge >= 0.3 is 11.9 Å². The lowest BCUT2D eigenvalue weighted by molar-refractivity contribution is -0.159. The largest absolute Gasteiger partial charge is 0.464 e. The van der Waals surface area contributed by atoms with Crippen LogP contribution in [0.4, 0.5) is 0 Å². The van der Waals surface area contributed by atoms with E-state index in [1.165, 1.54) is 40.6 Å². The molecule has 0 saturated carbocycles. The highest BCUT2D eigenvalue weighted by Gasteiger charge is 2.32. The molecule has 0 fully saturated rings. The fourth-order valence-electron chi connectivity index (χ4n) is 6.25. The normalized spacial score (nSPS) is 13.2. The van der Waals surface area contributed by atoms with Gasteiger partial charge in [-0.05, 0) is 63.1 Å². The third-order valence-electron chi connectivity index (χ3n) is 9.13. The quantitative estimate of drug-likeness (QED) is 0.0643. The second-order valence-electron chi connectivity index (χ2n) is 16.5. The van der Waals surface area contributed by atoms with Gasteiger partial charge in [-0.3, -0.25) is 14.4 Å². The van der Waals surface area contributed by atoms with E-state index >= 15 is 0 Å². The Bertz CT molecular complexity index is 2160. The average Bonchev–Trinajstić information content (AvgIpc) is 3.22. The van der Waals surface area contributed by atoms with Crippen LogP contribution in [0.2, 0.25) is 0 Å². The molecule has 1 aliphatic rings. The first-order valence-corrected chi connectivity index (χ1v) is 20.2. The molecule has 0 unspecified atom stereocenters. The van der Waals surface area contributed by atoms with Crippen LogP contribution in [-0.4, -0.2) is 111 Å². The molecule has 1 amide bonds. The number of ketones is 1. The number of ether oxygens (including phenoxy) is 11. The molecule has 1 heterocycles. The second kappa shape index (κ2) is 23.2. The first-order valence-electron chi connectivity index (χ1n) is 20.2. The zero-order valence-electron chi connectivity index (χ0n) is 37.7. The molecule has 1 aromatic heterocycles. The third-order valence-corrected chi connectivity index (χ3v) is 9.13. The zero-order chi connectivity index (χ0) is 46.3. The molecule has 4 rings (SSSR count). The molecule has 63 heavy (non-hydrogen) atoms. The number of allylic oxidation sites excluding steroid dienone is 2. The number of hydrogen-bond acceptors (Lipinski definition) is 17. The van der Waals surface area contributed by atoms with Gasteiger partial charge in [0.1, 0.15) is 35.7 Å². The van der Waals surface area contributed by atoms with Crippen LogP contribution in [0, 0.1) is 5.41 Å². The lowest BCUT2D eigenvalue weighted by atomic mass is 9.86. The summed E-state index contributed by atoms with van der Waals surface area (Å²) in [6.45, 7) is 10.1. The number of carbonyl (C=O) groups excluding carboxylic acids is 4. The molecule has 3 aromatic rings. The van der Waals surface area contributed by atoms with Gasteiger partial charge < -0.3 is 61.8 Å². The van der Waals surface area contributed by atoms with Crippen LogP contribution in [0.5, 0.6) is 23.0 Å². The van der Waals surface area contributed by atoms with Gasteiger partial charge in [-0.2, -0.15) is 0 Å². The maximum Gasteiger partial charge on any atom is 0.343 e. The highest BCUT2D eigenvalue weighted by atomic mass is 16.7. The summed E-state index contributed by atoms with van der Waals surface area (Å²) >= 11 is 0. The molecule has 18 heteroatoms. The van der Waals surface area contributed by atoms with E-state index in [1.54, 1.807) is 32.9 Å². The van der Waals surface area contributed by atoms with E-state index in [9.17, 15) is 24.0 Å². The van der Waals surface area contributed by atoms with Crippen molar-refractivity contribution >= 4 is 40.2 Å². The van der Waals surface area contributed by atoms with Crippen LogP contribution in [0.3, 0.4) is 0 Å². The van der Waals surface area contributed by atoms with Gasteiger partial charge in [0.15, 0.2) is 56.0 Å². The van der Waals surface area contributed by atoms with Gasteiger partial charge in [0.2, 0.25) is 11.3 Å². The molecule has 0 spiro atoms. The number of nitrogens with one attached hydrogen (secondary N) is 1. The van der Waals surface area contributed by atoms with Crippen molar-refractivity contribution in [1.82, 2.24) is 5.32 Å². The number of fused-ring (bicyclic) bond motifs is 2. The van der Waals surface area contributed by atoms with E-state index in [-0.39, 0.29) is 116 Å². The van der Waals surface area contributed by atoms with E-state index in [0.717, 1.165) is 6.26 Å². The van der Waals surface area contributed by atoms with Crippen LogP contribution in [0.15, 0.2) is 39.7 Å². The summed E-state index contributed by atoms with van der Waals surface area (Å²) in [5, 5.41) is 2.50. The van der Waals surface area contributed by atoms with Gasteiger partial charge in [0, 0.05) is 52.1 Å². The third kappa shape index (κ3) is 14.2. The van der Waals surface area contributed by atoms with Gasteiger partial charge in [-0.25, -0.2) is 9.59 Å². The highest BCUT2D eigenvalue weighted by molar-refractivity contribution is 6.30. The molecule has 1 N–H and O–H groups in total. The topological polar surface area (TPSA) is 212 Å². The van der Waals surface area contributed by atoms with Gasteiger partial charge in [-0.15, -0.1) is 0 Å². The number of methoxy groups -OCH3 is 4. The number of esters is 2. The van der Waals surface area contributed by atoms with Crippen LogP contribution in [0.25, 0.3) is 16.5 Å². The molecular formula is C45H59NO17. The molecule has 0 aliphatic heterocycles. The van der Waals surface area contributed by atoms with Crippen LogP contribution in [-0.2, 0) is 49.2 Å². The molecule has 18 nitrogen and oxygen atoms in total. The van der Waals surface area contributed by atoms with Crippen molar-refractivity contribution in [2.24, 2.45) is 5.41 Å². The van der Waals surface area contributed by atoms with Crippen molar-refractivity contribution in [3.63, 3.8) is 0 Å². The lowest BCUT2D eigenvalue weighted by Gasteiger charge is -2.26. The number of benzene rings is 2. The van der Waals surface area contributed by atoms with E-state index in [1.807, 2.05) is 20.8 Å². The standard InChI is InChI=1S/C45H59NO17/c1-44(2,3)15-13-31(42(50)63-45(4,5)6)46-36(47)14-16-56-17-18-57-43(51)38-37-34(21-35(61-25-54-9)41(38)62-26-55-10)58-22-30(40(37)49)28-12-11-27-19-32(59-23-52-7)33(60-24-53-8)20-29(27)39(28)48/h12,19-22,31H,11,13-18,23-26H2,1-10H3,(H,46,47)/t31-/m0/s1. The fourth-order valence-corrected chi connectivity index (χ4v) is 6.25. The molecule has 1 aliphatic carbocycles. The van der Waals surface area contributed by atoms with Crippen LogP contribution < -0.4 is 29.7 Å². The molecule has 346 valence electrons. The van der Waals surface area contributed by atoms with Crippen molar-refractivity contribution < 1.29 is 75.7 Å². The van der Waals surface area contributed by atoms with Crippen molar-refractivity contribution in [2.45, 2.75) is 78.9 Å². The maximum atomic E-state index is 14.5. The number of carbonyl (C=O) groups is 4. The first-order chi connectivity index (χ1) is 29.9. The Hall–Kier alpha value is -5.53. The van der Waals surface area contributed by atoms with Crippen molar-refractivity contribution in [3.05, 3.63) is 63.0 Å². The predicted octanol–water partition coefficient (Wildman–Crippen LogP) is 5.76. The zero-order valence-corrected chi connectivity index (χ0v) is 37.7. The Morgan fingerprint density at radius 1 is 0.762 bits per heavy atom. The van der Waals surface area contributed by atoms with E-state index in [0.29, 0.717) is 24.2 Å². The lowest BCUT2D eigenvalue weighted by Crippen LogP contribution is -2.44. The molecule has 2 aromatic carbocycles. The minimum absolute atomic E-state index is 0.0174. The Morgan fingerprint density at radius 2 is 1.38 bits per heavy atom. The maximum absolute atomic E-state index is 14.5. The Morgan fingerprint density at radius 3 is 2.00 bits per heavy atom. The van der Waals surface area contributed by atoms with Crippen molar-refractivity contribution in [2.75, 3.05) is 75.4 Å². The molecule has 1 atom stereocenters. The summed E-state index contributed by atoms with van der Waals surface area (Å²) in [4.78, 5) is 68.4. The minimum atomic E-state index is -1.02. The summed E-state index contributed by atoms with van der Waals surface area (Å²) in [6.07, 6.45) is 3.91. The minimum Gasteiger partial charge on any atom is -0.464 e. The van der Waals surface area contributed by atoms with Crippen molar-refractivity contribution in [3.8, 4) is 23.0 Å². The Kier molecular flexibility index (Phi) is 18.5. The summed E-state index contributed by atoms with van der Waals surface area (Å²) in [7, 11) is 5.66. The summed E-state index contributed by atoms with van der Waals surface area (Å²) < 4.78 is 65.7. The van der Waals surface area contributed by atoms with Gasteiger partial charge in [0.25, 0.3) is 0 Å². The Balaban J connectivity index is 1.58. The number of Topliss-reactive ketones (excluding diaryl/α,β-unsaturated/α-hetero) is 1. The number of hydrogen-bond donors (Lipinski definition) is 1. The van der Waals surface area contributed by atoms with Crippen molar-refractivity contribution in [1.29, 1.82) is 0 Å². The highest BCUT2D eigenvalue weighted by Crippen LogP contribution is 2.40. The molecule has 0 saturated heterocycles. The van der Waals surface area contributed by atoms with E-state index in [2.05, 4.69) is 5.32 Å². The molecule has 0 bridgehead atoms. The second-order valence-corrected chi connectivity index (χ2v) is 16.5. The summed E-state index contributed by atoms with van der Waals surface area (Å²) in [6, 6.07) is 3.66. The molecule has 0 radical (unpaired) electrons. The molecular weight excluding hydrogens is 826 g/mol. The van der Waals surface area contributed by atoms with Crippen LogP contribution >= 0.6 is 0 Å². The number of amides is 1. The summed E-state index contributed by atoms with van der Waals surface area (Å²) in [5.74, 6) is -2.18. The monoisotopic (exact) mass is 885 g/mol. The van der Waals surface area contributed by atoms with Gasteiger partial charge in [-0.1, -0.05) is 26.8 Å². The Labute approximate surface area is 366 Å². The average molecular weight is 886 g/mol.